The quantitative estimate of drug-likeness (QED) is 0.395. The van der Waals surface area contributed by atoms with E-state index in [-0.39, 0.29) is 11.7 Å². The highest BCUT2D eigenvalue weighted by atomic mass is 19.1. The van der Waals surface area contributed by atoms with Crippen molar-refractivity contribution in [2.45, 2.75) is 33.1 Å². The highest BCUT2D eigenvalue weighted by Crippen LogP contribution is 2.40. The molecular weight excluding hydrogens is 417 g/mol. The second-order valence-electron chi connectivity index (χ2n) is 8.46. The van der Waals surface area contributed by atoms with Crippen LogP contribution >= 0.6 is 0 Å². The molecule has 6 nitrogen and oxygen atoms in total. The van der Waals surface area contributed by atoms with E-state index in [1.54, 1.807) is 18.2 Å². The molecule has 0 bridgehead atoms. The number of nitrogens with one attached hydrogen (secondary N) is 2. The van der Waals surface area contributed by atoms with Crippen LogP contribution in [0.25, 0.3) is 21.8 Å². The van der Waals surface area contributed by atoms with E-state index in [1.807, 2.05) is 19.1 Å². The molecule has 0 radical (unpaired) electrons. The van der Waals surface area contributed by atoms with Gasteiger partial charge in [-0.05, 0) is 68.2 Å². The van der Waals surface area contributed by atoms with Gasteiger partial charge in [0.05, 0.1) is 22.0 Å². The van der Waals surface area contributed by atoms with Crippen LogP contribution in [0.1, 0.15) is 46.4 Å². The van der Waals surface area contributed by atoms with Gasteiger partial charge in [0, 0.05) is 22.7 Å². The maximum Gasteiger partial charge on any atom is 0.250 e. The minimum absolute atomic E-state index is 0.0776. The lowest BCUT2D eigenvalue weighted by Crippen LogP contribution is -2.14. The van der Waals surface area contributed by atoms with E-state index < -0.39 is 5.91 Å². The third-order valence-electron chi connectivity index (χ3n) is 6.60. The summed E-state index contributed by atoms with van der Waals surface area (Å²) in [7, 11) is 0. The Labute approximate surface area is 190 Å². The fourth-order valence-corrected chi connectivity index (χ4v) is 4.73. The van der Waals surface area contributed by atoms with Gasteiger partial charge in [0.15, 0.2) is 0 Å². The van der Waals surface area contributed by atoms with E-state index >= 15 is 0 Å². The monoisotopic (exact) mass is 441 g/mol. The number of primary amides is 1. The average molecular weight is 442 g/mol. The van der Waals surface area contributed by atoms with Crippen molar-refractivity contribution in [1.82, 2.24) is 15.0 Å². The lowest BCUT2D eigenvalue weighted by molar-refractivity contribution is 0.100. The van der Waals surface area contributed by atoms with E-state index in [4.69, 9.17) is 5.73 Å². The molecule has 1 unspecified atom stereocenters. The summed E-state index contributed by atoms with van der Waals surface area (Å²) in [5.41, 5.74) is 12.6. The summed E-state index contributed by atoms with van der Waals surface area (Å²) in [6.45, 7) is 6.11. The second kappa shape index (κ2) is 7.85. The number of allylic oxidation sites excluding steroid dienone is 3. The van der Waals surface area contributed by atoms with Crippen LogP contribution < -0.4 is 11.1 Å². The Hall–Kier alpha value is -4.00. The molecule has 1 atom stereocenters. The van der Waals surface area contributed by atoms with E-state index in [0.29, 0.717) is 22.3 Å². The summed E-state index contributed by atoms with van der Waals surface area (Å²) < 4.78 is 14.6. The van der Waals surface area contributed by atoms with Crippen molar-refractivity contribution in [3.05, 3.63) is 88.3 Å². The number of aryl methyl sites for hydroxylation is 2. The number of halogens is 1. The zero-order valence-corrected chi connectivity index (χ0v) is 18.7. The molecule has 0 saturated heterocycles. The van der Waals surface area contributed by atoms with Gasteiger partial charge in [0.2, 0.25) is 0 Å². The van der Waals surface area contributed by atoms with Gasteiger partial charge in [-0.3, -0.25) is 4.79 Å². The predicted molar refractivity (Wildman–Crippen MR) is 129 cm³/mol. The molecule has 4 aromatic rings. The fourth-order valence-electron chi connectivity index (χ4n) is 4.73. The lowest BCUT2D eigenvalue weighted by atomic mass is 9.82. The molecule has 0 aliphatic heterocycles. The number of amides is 1. The molecule has 0 fully saturated rings. The zero-order valence-electron chi connectivity index (χ0n) is 18.7. The Morgan fingerprint density at radius 3 is 2.76 bits per heavy atom. The molecule has 2 aromatic heterocycles. The number of fused-ring (bicyclic) bond motifs is 2. The molecule has 1 amide bonds. The standard InChI is InChI=1S/C26H24FN5O/c1-13-15(3)31-24-18(25(28)33)11-10-17(22(13)24)16-6-4-8-20(14(16)2)32-26-23-19(27)7-5-9-21(23)29-12-30-26/h4-5,7-12,16,31H,6H2,1-3H3,(H2,28,33)(H,29,30,32). The topological polar surface area (TPSA) is 96.7 Å². The lowest BCUT2D eigenvalue weighted by Gasteiger charge is -2.25. The van der Waals surface area contributed by atoms with Crippen LogP contribution in [0, 0.1) is 19.7 Å². The third-order valence-corrected chi connectivity index (χ3v) is 6.60. The molecule has 0 spiro atoms. The molecular formula is C26H24FN5O. The number of H-pyrrole nitrogens is 1. The van der Waals surface area contributed by atoms with Crippen molar-refractivity contribution < 1.29 is 9.18 Å². The molecule has 7 heteroatoms. The number of aromatic nitrogens is 3. The number of carbonyl (C=O) groups is 1. The van der Waals surface area contributed by atoms with Crippen molar-refractivity contribution in [2.24, 2.45) is 5.73 Å². The molecule has 2 heterocycles. The van der Waals surface area contributed by atoms with Crippen molar-refractivity contribution in [1.29, 1.82) is 0 Å². The number of nitrogens with two attached hydrogens (primary N) is 1. The molecule has 0 saturated carbocycles. The molecule has 5 rings (SSSR count). The van der Waals surface area contributed by atoms with Gasteiger partial charge in [-0.25, -0.2) is 14.4 Å². The molecule has 4 N–H and O–H groups in total. The normalized spacial score (nSPS) is 16.1. The summed E-state index contributed by atoms with van der Waals surface area (Å²) in [4.78, 5) is 23.8. The van der Waals surface area contributed by atoms with Gasteiger partial charge >= 0.3 is 0 Å². The number of rotatable bonds is 4. The molecule has 166 valence electrons. The number of aromatic amines is 1. The Morgan fingerprint density at radius 1 is 1.15 bits per heavy atom. The number of hydrogen-bond donors (Lipinski definition) is 3. The van der Waals surface area contributed by atoms with Crippen LogP contribution in [0.4, 0.5) is 10.2 Å². The van der Waals surface area contributed by atoms with Gasteiger partial charge in [0.1, 0.15) is 18.0 Å². The van der Waals surface area contributed by atoms with E-state index in [2.05, 4.69) is 40.2 Å². The summed E-state index contributed by atoms with van der Waals surface area (Å²) in [6.07, 6.45) is 6.35. The summed E-state index contributed by atoms with van der Waals surface area (Å²) in [6, 6.07) is 8.60. The summed E-state index contributed by atoms with van der Waals surface area (Å²) in [5.74, 6) is -0.314. The van der Waals surface area contributed by atoms with Crippen LogP contribution in [-0.2, 0) is 0 Å². The fraction of sp³-hybridized carbons (Fsp3) is 0.192. The van der Waals surface area contributed by atoms with Gasteiger partial charge in [-0.2, -0.15) is 0 Å². The van der Waals surface area contributed by atoms with Crippen molar-refractivity contribution >= 4 is 33.5 Å². The van der Waals surface area contributed by atoms with Crippen LogP contribution in [-0.4, -0.2) is 20.9 Å². The van der Waals surface area contributed by atoms with Gasteiger partial charge in [-0.15, -0.1) is 0 Å². The van der Waals surface area contributed by atoms with Crippen LogP contribution in [0.2, 0.25) is 0 Å². The molecule has 33 heavy (non-hydrogen) atoms. The van der Waals surface area contributed by atoms with Crippen molar-refractivity contribution in [3.8, 4) is 0 Å². The van der Waals surface area contributed by atoms with Crippen LogP contribution in [0.3, 0.4) is 0 Å². The Balaban J connectivity index is 1.62. The van der Waals surface area contributed by atoms with Crippen LogP contribution in [0.15, 0.2) is 60.1 Å². The number of benzene rings is 2. The highest BCUT2D eigenvalue weighted by Gasteiger charge is 2.25. The molecule has 2 aromatic carbocycles. The summed E-state index contributed by atoms with van der Waals surface area (Å²) >= 11 is 0. The first-order valence-electron chi connectivity index (χ1n) is 10.8. The minimum Gasteiger partial charge on any atom is -0.366 e. The minimum atomic E-state index is -0.455. The Bertz CT molecular complexity index is 1490. The van der Waals surface area contributed by atoms with E-state index in [0.717, 1.165) is 45.4 Å². The van der Waals surface area contributed by atoms with Crippen LogP contribution in [0.5, 0.6) is 0 Å². The number of hydrogen-bond acceptors (Lipinski definition) is 4. The predicted octanol–water partition coefficient (Wildman–Crippen LogP) is 5.40. The number of carbonyl (C=O) groups excluding carboxylic acids is 1. The largest absolute Gasteiger partial charge is 0.366 e. The zero-order chi connectivity index (χ0) is 23.3. The number of nitrogens with zero attached hydrogens (tertiary/aromatic N) is 2. The van der Waals surface area contributed by atoms with E-state index in [9.17, 15) is 9.18 Å². The average Bonchev–Trinajstić information content (AvgIpc) is 3.09. The van der Waals surface area contributed by atoms with Crippen molar-refractivity contribution in [3.63, 3.8) is 0 Å². The van der Waals surface area contributed by atoms with Gasteiger partial charge < -0.3 is 16.0 Å². The third kappa shape index (κ3) is 3.36. The Kier molecular flexibility index (Phi) is 4.96. The maximum absolute atomic E-state index is 14.6. The van der Waals surface area contributed by atoms with E-state index in [1.165, 1.54) is 12.4 Å². The van der Waals surface area contributed by atoms with Gasteiger partial charge in [-0.1, -0.05) is 18.2 Å². The van der Waals surface area contributed by atoms with Gasteiger partial charge in [0.25, 0.3) is 5.91 Å². The first-order chi connectivity index (χ1) is 15.9. The SMILES string of the molecule is CC1=C(Nc2ncnc3cccc(F)c23)C=CCC1c1ccc(C(N)=O)c2[nH]c(C)c(C)c12. The molecule has 1 aliphatic carbocycles. The smallest absolute Gasteiger partial charge is 0.250 e. The first-order valence-corrected chi connectivity index (χ1v) is 10.8. The number of anilines is 1. The molecule has 1 aliphatic rings. The second-order valence-corrected chi connectivity index (χ2v) is 8.46. The Morgan fingerprint density at radius 2 is 1.97 bits per heavy atom. The summed E-state index contributed by atoms with van der Waals surface area (Å²) in [5, 5.41) is 4.72. The maximum atomic E-state index is 14.6. The first kappa shape index (κ1) is 20.9. The van der Waals surface area contributed by atoms with Crippen molar-refractivity contribution in [2.75, 3.05) is 5.32 Å². The highest BCUT2D eigenvalue weighted by molar-refractivity contribution is 6.07.